The first-order valence-electron chi connectivity index (χ1n) is 6.66. The minimum Gasteiger partial charge on any atom is -0.373 e. The average molecular weight is 324 g/mol. The first-order valence-corrected chi connectivity index (χ1v) is 7.45. The number of anilines is 1. The first-order chi connectivity index (χ1) is 9.16. The summed E-state index contributed by atoms with van der Waals surface area (Å²) < 4.78 is 7.03. The monoisotopic (exact) mass is 323 g/mol. The van der Waals surface area contributed by atoms with Crippen LogP contribution in [0.3, 0.4) is 0 Å². The van der Waals surface area contributed by atoms with E-state index in [1.807, 2.05) is 18.2 Å². The van der Waals surface area contributed by atoms with E-state index in [0.29, 0.717) is 18.6 Å². The summed E-state index contributed by atoms with van der Waals surface area (Å²) in [5.41, 5.74) is 7.14. The van der Waals surface area contributed by atoms with Crippen molar-refractivity contribution in [3.05, 3.63) is 28.7 Å². The molecule has 0 spiro atoms. The molecular formula is C14H18BrN3O. The molecular weight excluding hydrogens is 306 g/mol. The highest BCUT2D eigenvalue weighted by Gasteiger charge is 2.38. The molecule has 102 valence electrons. The summed E-state index contributed by atoms with van der Waals surface area (Å²) in [6, 6.07) is 8.31. The molecule has 1 fully saturated rings. The Hall–Kier alpha value is -1.07. The Balaban J connectivity index is 1.89. The van der Waals surface area contributed by atoms with Gasteiger partial charge in [-0.15, -0.1) is 0 Å². The van der Waals surface area contributed by atoms with E-state index in [4.69, 9.17) is 10.5 Å². The number of hydrogen-bond acceptors (Lipinski definition) is 4. The van der Waals surface area contributed by atoms with Crippen LogP contribution in [0.1, 0.15) is 19.8 Å². The number of rotatable bonds is 2. The summed E-state index contributed by atoms with van der Waals surface area (Å²) in [7, 11) is 0. The third-order valence-corrected chi connectivity index (χ3v) is 4.50. The Morgan fingerprint density at radius 2 is 2.16 bits per heavy atom. The number of para-hydroxylation sites is 1. The molecule has 0 aromatic heterocycles. The van der Waals surface area contributed by atoms with Gasteiger partial charge in [-0.2, -0.15) is 0 Å². The average Bonchev–Trinajstić information content (AvgIpc) is 2.96. The fourth-order valence-electron chi connectivity index (χ4n) is 2.86. The van der Waals surface area contributed by atoms with E-state index in [1.165, 1.54) is 0 Å². The van der Waals surface area contributed by atoms with Crippen molar-refractivity contribution in [2.45, 2.75) is 38.0 Å². The third-order valence-electron chi connectivity index (χ3n) is 3.82. The highest BCUT2D eigenvalue weighted by Crippen LogP contribution is 2.33. The summed E-state index contributed by atoms with van der Waals surface area (Å²) in [4.78, 5) is 6.51. The Labute approximate surface area is 121 Å². The van der Waals surface area contributed by atoms with Crippen molar-refractivity contribution >= 4 is 27.6 Å². The van der Waals surface area contributed by atoms with Crippen molar-refractivity contribution in [2.24, 2.45) is 10.7 Å². The van der Waals surface area contributed by atoms with Crippen LogP contribution in [0.2, 0.25) is 0 Å². The Morgan fingerprint density at radius 1 is 1.37 bits per heavy atom. The quantitative estimate of drug-likeness (QED) is 0.909. The van der Waals surface area contributed by atoms with Gasteiger partial charge in [-0.3, -0.25) is 4.99 Å². The zero-order chi connectivity index (χ0) is 13.4. The zero-order valence-electron chi connectivity index (χ0n) is 10.9. The van der Waals surface area contributed by atoms with Crippen molar-refractivity contribution in [2.75, 3.05) is 11.4 Å². The zero-order valence-corrected chi connectivity index (χ0v) is 12.5. The van der Waals surface area contributed by atoms with Gasteiger partial charge >= 0.3 is 0 Å². The largest absolute Gasteiger partial charge is 0.373 e. The van der Waals surface area contributed by atoms with E-state index >= 15 is 0 Å². The number of halogens is 1. The van der Waals surface area contributed by atoms with Crippen LogP contribution in [0.25, 0.3) is 0 Å². The lowest BCUT2D eigenvalue weighted by atomic mass is 10.1. The van der Waals surface area contributed by atoms with Crippen LogP contribution in [0, 0.1) is 0 Å². The van der Waals surface area contributed by atoms with Gasteiger partial charge in [-0.05, 0) is 47.8 Å². The molecule has 0 aliphatic carbocycles. The van der Waals surface area contributed by atoms with Gasteiger partial charge in [0.2, 0.25) is 0 Å². The number of aliphatic imine (C=N–C) groups is 1. The molecule has 2 heterocycles. The summed E-state index contributed by atoms with van der Waals surface area (Å²) >= 11 is 3.59. The van der Waals surface area contributed by atoms with Gasteiger partial charge in [0.1, 0.15) is 0 Å². The van der Waals surface area contributed by atoms with Gasteiger partial charge in [0.15, 0.2) is 5.96 Å². The SMILES string of the molecule is CC1CCC(C2CN=C(N)N2c2ccccc2Br)O1. The highest BCUT2D eigenvalue weighted by atomic mass is 79.9. The predicted molar refractivity (Wildman–Crippen MR) is 80.5 cm³/mol. The molecule has 3 atom stereocenters. The van der Waals surface area contributed by atoms with Gasteiger partial charge in [-0.25, -0.2) is 0 Å². The molecule has 5 heteroatoms. The van der Waals surface area contributed by atoms with Crippen molar-refractivity contribution in [3.63, 3.8) is 0 Å². The second-order valence-electron chi connectivity index (χ2n) is 5.15. The molecule has 0 amide bonds. The van der Waals surface area contributed by atoms with Crippen LogP contribution in [-0.2, 0) is 4.74 Å². The molecule has 4 nitrogen and oxygen atoms in total. The number of benzene rings is 1. The van der Waals surface area contributed by atoms with Crippen molar-refractivity contribution in [3.8, 4) is 0 Å². The smallest absolute Gasteiger partial charge is 0.196 e. The Kier molecular flexibility index (Phi) is 3.50. The maximum atomic E-state index is 6.07. The first kappa shape index (κ1) is 12.9. The third kappa shape index (κ3) is 2.37. The predicted octanol–water partition coefficient (Wildman–Crippen LogP) is 2.52. The molecule has 3 rings (SSSR count). The van der Waals surface area contributed by atoms with Gasteiger partial charge < -0.3 is 15.4 Å². The molecule has 2 aliphatic rings. The van der Waals surface area contributed by atoms with E-state index in [2.05, 4.69) is 38.8 Å². The molecule has 0 radical (unpaired) electrons. The van der Waals surface area contributed by atoms with E-state index in [0.717, 1.165) is 23.0 Å². The van der Waals surface area contributed by atoms with Crippen LogP contribution in [-0.4, -0.2) is 30.8 Å². The number of nitrogens with zero attached hydrogens (tertiary/aromatic N) is 2. The van der Waals surface area contributed by atoms with Crippen LogP contribution in [0.4, 0.5) is 5.69 Å². The minimum atomic E-state index is 0.212. The molecule has 0 bridgehead atoms. The summed E-state index contributed by atoms with van der Waals surface area (Å²) in [5, 5.41) is 0. The summed E-state index contributed by atoms with van der Waals surface area (Å²) in [6.07, 6.45) is 2.75. The van der Waals surface area contributed by atoms with Gasteiger partial charge in [-0.1, -0.05) is 12.1 Å². The van der Waals surface area contributed by atoms with E-state index in [9.17, 15) is 0 Å². The second kappa shape index (κ2) is 5.13. The van der Waals surface area contributed by atoms with Crippen LogP contribution >= 0.6 is 15.9 Å². The van der Waals surface area contributed by atoms with Crippen molar-refractivity contribution in [1.29, 1.82) is 0 Å². The molecule has 0 saturated carbocycles. The van der Waals surface area contributed by atoms with E-state index < -0.39 is 0 Å². The fraction of sp³-hybridized carbons (Fsp3) is 0.500. The van der Waals surface area contributed by atoms with Gasteiger partial charge in [0, 0.05) is 4.47 Å². The lowest BCUT2D eigenvalue weighted by Crippen LogP contribution is -2.47. The minimum absolute atomic E-state index is 0.212. The second-order valence-corrected chi connectivity index (χ2v) is 6.00. The number of nitrogens with two attached hydrogens (primary N) is 1. The van der Waals surface area contributed by atoms with Crippen molar-refractivity contribution < 1.29 is 4.74 Å². The standard InChI is InChI=1S/C14H18BrN3O/c1-9-6-7-13(19-9)12-8-17-14(16)18(12)11-5-3-2-4-10(11)15/h2-5,9,12-13H,6-8H2,1H3,(H2,16,17). The number of hydrogen-bond donors (Lipinski definition) is 1. The molecule has 2 aliphatic heterocycles. The molecule has 1 aromatic rings. The lowest BCUT2D eigenvalue weighted by molar-refractivity contribution is 0.0440. The maximum absolute atomic E-state index is 6.07. The van der Waals surface area contributed by atoms with E-state index in [1.54, 1.807) is 0 Å². The molecule has 2 N–H and O–H groups in total. The summed E-state index contributed by atoms with van der Waals surface area (Å²) in [6.45, 7) is 2.84. The van der Waals surface area contributed by atoms with Gasteiger partial charge in [0.05, 0.1) is 30.5 Å². The number of ether oxygens (including phenoxy) is 1. The molecule has 1 aromatic carbocycles. The lowest BCUT2D eigenvalue weighted by Gasteiger charge is -2.31. The van der Waals surface area contributed by atoms with Crippen LogP contribution in [0.5, 0.6) is 0 Å². The summed E-state index contributed by atoms with van der Waals surface area (Å²) in [5.74, 6) is 0.583. The normalized spacial score (nSPS) is 30.7. The van der Waals surface area contributed by atoms with Gasteiger partial charge in [0.25, 0.3) is 0 Å². The van der Waals surface area contributed by atoms with Crippen LogP contribution in [0.15, 0.2) is 33.7 Å². The fourth-order valence-corrected chi connectivity index (χ4v) is 3.34. The molecule has 3 unspecified atom stereocenters. The Morgan fingerprint density at radius 3 is 2.84 bits per heavy atom. The maximum Gasteiger partial charge on any atom is 0.196 e. The number of guanidine groups is 1. The van der Waals surface area contributed by atoms with Crippen LogP contribution < -0.4 is 10.6 Å². The highest BCUT2D eigenvalue weighted by molar-refractivity contribution is 9.10. The molecule has 1 saturated heterocycles. The van der Waals surface area contributed by atoms with E-state index in [-0.39, 0.29) is 12.1 Å². The Bertz CT molecular complexity index is 505. The van der Waals surface area contributed by atoms with Crippen molar-refractivity contribution in [1.82, 2.24) is 0 Å². The topological polar surface area (TPSA) is 50.8 Å². The molecule has 19 heavy (non-hydrogen) atoms.